The van der Waals surface area contributed by atoms with Crippen molar-refractivity contribution in [2.24, 2.45) is 0 Å². The van der Waals surface area contributed by atoms with Gasteiger partial charge in [0.15, 0.2) is 0 Å². The normalized spacial score (nSPS) is 20.8. The lowest BCUT2D eigenvalue weighted by Gasteiger charge is -2.03. The largest absolute Gasteiger partial charge is 0.455 e. The number of hydrogen-bond acceptors (Lipinski definition) is 3. The molecule has 0 spiro atoms. The number of epoxide rings is 1. The van der Waals surface area contributed by atoms with Gasteiger partial charge in [0.25, 0.3) is 0 Å². The molecule has 1 saturated heterocycles. The van der Waals surface area contributed by atoms with Crippen molar-refractivity contribution >= 4 is 5.97 Å². The quantitative estimate of drug-likeness (QED) is 0.0459. The molecular weight excluding hydrogens is 468 g/mol. The van der Waals surface area contributed by atoms with Gasteiger partial charge in [0.1, 0.15) is 6.10 Å². The van der Waals surface area contributed by atoms with Gasteiger partial charge < -0.3 is 9.47 Å². The van der Waals surface area contributed by atoms with E-state index in [1.165, 1.54) is 148 Å². The van der Waals surface area contributed by atoms with Gasteiger partial charge in [-0.05, 0) is 57.9 Å². The molecule has 0 amide bonds. The molecule has 0 radical (unpaired) electrons. The Bertz CT molecular complexity index is 637. The highest BCUT2D eigenvalue weighted by molar-refractivity contribution is 5.90. The summed E-state index contributed by atoms with van der Waals surface area (Å²) in [5, 5.41) is 0. The number of rotatable bonds is 27. The van der Waals surface area contributed by atoms with Crippen molar-refractivity contribution in [3.05, 3.63) is 23.8 Å². The minimum absolute atomic E-state index is 0.0213. The van der Waals surface area contributed by atoms with Crippen molar-refractivity contribution in [3.63, 3.8) is 0 Å². The number of hydrogen-bond donors (Lipinski definition) is 0. The number of carbonyl (C=O) groups is 1. The highest BCUT2D eigenvalue weighted by Crippen LogP contribution is 2.31. The lowest BCUT2D eigenvalue weighted by molar-refractivity contribution is -0.139. The summed E-state index contributed by atoms with van der Waals surface area (Å²) in [6, 6.07) is 0. The summed E-state index contributed by atoms with van der Waals surface area (Å²) < 4.78 is 11.1. The lowest BCUT2D eigenvalue weighted by Crippen LogP contribution is -2.03. The van der Waals surface area contributed by atoms with E-state index in [9.17, 15) is 4.79 Å². The van der Waals surface area contributed by atoms with Crippen LogP contribution in [0.2, 0.25) is 0 Å². The first-order valence-corrected chi connectivity index (χ1v) is 16.9. The first kappa shape index (κ1) is 33.1. The number of allylic oxidation sites excluding steroid dienone is 2. The van der Waals surface area contributed by atoms with Crippen molar-refractivity contribution in [2.75, 3.05) is 0 Å². The fourth-order valence-corrected chi connectivity index (χ4v) is 5.82. The molecule has 2 heterocycles. The van der Waals surface area contributed by atoms with Crippen LogP contribution in [0.25, 0.3) is 0 Å². The van der Waals surface area contributed by atoms with Crippen molar-refractivity contribution in [3.8, 4) is 0 Å². The molecule has 2 aliphatic heterocycles. The van der Waals surface area contributed by atoms with E-state index in [4.69, 9.17) is 9.47 Å². The second kappa shape index (κ2) is 22.7. The first-order valence-electron chi connectivity index (χ1n) is 16.9. The van der Waals surface area contributed by atoms with Gasteiger partial charge in [-0.2, -0.15) is 0 Å². The second-order valence-electron chi connectivity index (χ2n) is 12.1. The Kier molecular flexibility index (Phi) is 19.8. The smallest absolute Gasteiger partial charge is 0.334 e. The van der Waals surface area contributed by atoms with Crippen LogP contribution >= 0.6 is 0 Å². The third kappa shape index (κ3) is 17.5. The van der Waals surface area contributed by atoms with Crippen LogP contribution in [0.1, 0.15) is 174 Å². The molecular formula is C35H62O3. The summed E-state index contributed by atoms with van der Waals surface area (Å²) >= 11 is 0. The van der Waals surface area contributed by atoms with Crippen molar-refractivity contribution in [2.45, 2.75) is 193 Å². The summed E-state index contributed by atoms with van der Waals surface area (Å²) in [5.74, 6) is -0.0940. The number of unbranched alkanes of at least 4 members (excludes halogenated alkanes) is 19. The topological polar surface area (TPSA) is 38.8 Å². The van der Waals surface area contributed by atoms with Gasteiger partial charge in [0, 0.05) is 5.57 Å². The highest BCUT2D eigenvalue weighted by atomic mass is 16.6. The minimum Gasteiger partial charge on any atom is -0.455 e. The summed E-state index contributed by atoms with van der Waals surface area (Å²) in [5.41, 5.74) is 0.895. The van der Waals surface area contributed by atoms with Gasteiger partial charge in [-0.3, -0.25) is 0 Å². The predicted octanol–water partition coefficient (Wildman–Crippen LogP) is 11.0. The maximum Gasteiger partial charge on any atom is 0.334 e. The fraction of sp³-hybridized carbons (Fsp3) is 0.857. The van der Waals surface area contributed by atoms with Crippen LogP contribution in [0.15, 0.2) is 23.8 Å². The second-order valence-corrected chi connectivity index (χ2v) is 12.1. The number of ether oxygens (including phenoxy) is 2. The van der Waals surface area contributed by atoms with Crippen molar-refractivity contribution < 1.29 is 14.3 Å². The SMILES string of the molecule is CCCCCCCCCCCC/C=C\CCC1OC1CCCCCCCCCCCCC1=CC(C)OC1=O. The fourth-order valence-electron chi connectivity index (χ4n) is 5.82. The molecule has 2 aliphatic rings. The Balaban J connectivity index is 1.23. The van der Waals surface area contributed by atoms with E-state index in [0.29, 0.717) is 12.2 Å². The van der Waals surface area contributed by atoms with E-state index in [-0.39, 0.29) is 12.1 Å². The minimum atomic E-state index is -0.0940. The molecule has 220 valence electrons. The lowest BCUT2D eigenvalue weighted by atomic mass is 10.0. The van der Waals surface area contributed by atoms with Crippen LogP contribution in [0.4, 0.5) is 0 Å². The molecule has 3 heteroatoms. The standard InChI is InChI=1S/C35H62O3/c1-3-4-5-6-7-8-9-10-11-12-16-19-22-25-28-33-34(38-33)29-26-23-20-17-14-13-15-18-21-24-27-32-30-31(2)37-35(32)36/h19,22,30-31,33-34H,3-18,20-21,23-29H2,1-2H3/b22-19-. The monoisotopic (exact) mass is 530 g/mol. The molecule has 0 aliphatic carbocycles. The van der Waals surface area contributed by atoms with Gasteiger partial charge in [0.05, 0.1) is 12.2 Å². The first-order chi connectivity index (χ1) is 18.7. The van der Waals surface area contributed by atoms with Crippen LogP contribution in [-0.4, -0.2) is 24.3 Å². The van der Waals surface area contributed by atoms with Crippen LogP contribution in [0.5, 0.6) is 0 Å². The molecule has 38 heavy (non-hydrogen) atoms. The third-order valence-electron chi connectivity index (χ3n) is 8.37. The summed E-state index contributed by atoms with van der Waals surface area (Å²) in [6.07, 6.45) is 41.2. The molecule has 0 aromatic rings. The van der Waals surface area contributed by atoms with Crippen molar-refractivity contribution in [1.29, 1.82) is 0 Å². The summed E-state index contributed by atoms with van der Waals surface area (Å²) in [4.78, 5) is 11.6. The Morgan fingerprint density at radius 3 is 1.71 bits per heavy atom. The molecule has 0 saturated carbocycles. The predicted molar refractivity (Wildman–Crippen MR) is 163 cm³/mol. The molecule has 3 nitrogen and oxygen atoms in total. The Hall–Kier alpha value is -1.09. The molecule has 0 N–H and O–H groups in total. The van der Waals surface area contributed by atoms with Crippen LogP contribution in [0, 0.1) is 0 Å². The van der Waals surface area contributed by atoms with Gasteiger partial charge in [-0.1, -0.05) is 135 Å². The van der Waals surface area contributed by atoms with Crippen LogP contribution < -0.4 is 0 Å². The van der Waals surface area contributed by atoms with E-state index in [2.05, 4.69) is 19.1 Å². The van der Waals surface area contributed by atoms with E-state index in [0.717, 1.165) is 18.4 Å². The van der Waals surface area contributed by atoms with Gasteiger partial charge >= 0.3 is 5.97 Å². The van der Waals surface area contributed by atoms with Gasteiger partial charge in [-0.25, -0.2) is 4.79 Å². The van der Waals surface area contributed by atoms with Crippen LogP contribution in [0.3, 0.4) is 0 Å². The summed E-state index contributed by atoms with van der Waals surface area (Å²) in [7, 11) is 0. The Labute approximate surface area is 236 Å². The zero-order valence-corrected chi connectivity index (χ0v) is 25.4. The maximum absolute atomic E-state index is 11.6. The zero-order valence-electron chi connectivity index (χ0n) is 25.4. The molecule has 1 fully saturated rings. The van der Waals surface area contributed by atoms with Gasteiger partial charge in [0.2, 0.25) is 0 Å². The van der Waals surface area contributed by atoms with E-state index in [1.807, 2.05) is 13.0 Å². The highest BCUT2D eigenvalue weighted by Gasteiger charge is 2.36. The van der Waals surface area contributed by atoms with Crippen molar-refractivity contribution in [1.82, 2.24) is 0 Å². The summed E-state index contributed by atoms with van der Waals surface area (Å²) in [6.45, 7) is 4.22. The number of cyclic esters (lactones) is 1. The molecule has 0 aromatic heterocycles. The molecule has 0 bridgehead atoms. The van der Waals surface area contributed by atoms with E-state index >= 15 is 0 Å². The number of esters is 1. The van der Waals surface area contributed by atoms with Crippen LogP contribution in [-0.2, 0) is 14.3 Å². The number of carbonyl (C=O) groups excluding carboxylic acids is 1. The van der Waals surface area contributed by atoms with E-state index in [1.54, 1.807) is 0 Å². The molecule has 3 atom stereocenters. The zero-order chi connectivity index (χ0) is 27.1. The third-order valence-corrected chi connectivity index (χ3v) is 8.37. The van der Waals surface area contributed by atoms with Gasteiger partial charge in [-0.15, -0.1) is 0 Å². The maximum atomic E-state index is 11.6. The average molecular weight is 531 g/mol. The Morgan fingerprint density at radius 2 is 1.13 bits per heavy atom. The molecule has 3 unspecified atom stereocenters. The molecule has 0 aromatic carbocycles. The average Bonchev–Trinajstić information content (AvgIpc) is 3.58. The van der Waals surface area contributed by atoms with E-state index < -0.39 is 0 Å². The Morgan fingerprint density at radius 1 is 0.632 bits per heavy atom. The molecule has 2 rings (SSSR count).